The van der Waals surface area contributed by atoms with E-state index in [1.165, 1.54) is 18.2 Å². The summed E-state index contributed by atoms with van der Waals surface area (Å²) >= 11 is 5.95. The molecule has 0 radical (unpaired) electrons. The topological polar surface area (TPSA) is 52.6 Å². The van der Waals surface area contributed by atoms with Crippen molar-refractivity contribution in [2.45, 2.75) is 26.2 Å². The minimum absolute atomic E-state index is 0.0635. The van der Waals surface area contributed by atoms with Crippen molar-refractivity contribution in [3.05, 3.63) is 29.0 Å². The van der Waals surface area contributed by atoms with Gasteiger partial charge >= 0.3 is 6.03 Å². The van der Waals surface area contributed by atoms with E-state index in [0.717, 1.165) is 19.3 Å². The normalized spacial score (nSPS) is 22.2. The second kappa shape index (κ2) is 6.62. The fourth-order valence-corrected chi connectivity index (χ4v) is 2.86. The number of hydrogen-bond acceptors (Lipinski definition) is 2. The SMILES string of the molecule is CC[C@]1(CO)CCCN(C(=O)Nc2cc(F)ccc2Cl)C1. The molecule has 4 nitrogen and oxygen atoms in total. The number of aliphatic hydroxyl groups excluding tert-OH is 1. The standard InChI is InChI=1S/C15H20ClFN2O2/c1-2-15(10-20)6-3-7-19(9-15)14(21)18-13-8-11(17)4-5-12(13)16/h4-5,8,20H,2-3,6-7,9-10H2,1H3,(H,18,21)/t15-/m0/s1. The van der Waals surface area contributed by atoms with Crippen molar-refractivity contribution < 1.29 is 14.3 Å². The first kappa shape index (κ1) is 16.0. The van der Waals surface area contributed by atoms with Gasteiger partial charge in [0.05, 0.1) is 17.3 Å². The third kappa shape index (κ3) is 3.66. The number of piperidine rings is 1. The molecule has 0 bridgehead atoms. The second-order valence-electron chi connectivity index (χ2n) is 5.59. The highest BCUT2D eigenvalue weighted by Crippen LogP contribution is 2.33. The molecule has 1 aliphatic rings. The van der Waals surface area contributed by atoms with Crippen molar-refractivity contribution >= 4 is 23.3 Å². The van der Waals surface area contributed by atoms with Crippen LogP contribution in [0, 0.1) is 11.2 Å². The number of nitrogens with one attached hydrogen (secondary N) is 1. The van der Waals surface area contributed by atoms with Crippen molar-refractivity contribution in [2.24, 2.45) is 5.41 Å². The Balaban J connectivity index is 2.08. The number of anilines is 1. The fraction of sp³-hybridized carbons (Fsp3) is 0.533. The summed E-state index contributed by atoms with van der Waals surface area (Å²) in [5.41, 5.74) is 0.0276. The van der Waals surface area contributed by atoms with Gasteiger partial charge in [0.2, 0.25) is 0 Å². The lowest BCUT2D eigenvalue weighted by Gasteiger charge is -2.41. The monoisotopic (exact) mass is 314 g/mol. The molecule has 21 heavy (non-hydrogen) atoms. The summed E-state index contributed by atoms with van der Waals surface area (Å²) in [5.74, 6) is -0.452. The van der Waals surface area contributed by atoms with Crippen molar-refractivity contribution in [3.63, 3.8) is 0 Å². The molecule has 0 aromatic heterocycles. The minimum atomic E-state index is -0.452. The van der Waals surface area contributed by atoms with Crippen LogP contribution in [0.15, 0.2) is 18.2 Å². The van der Waals surface area contributed by atoms with Gasteiger partial charge in [0.1, 0.15) is 5.82 Å². The van der Waals surface area contributed by atoms with Gasteiger partial charge in [-0.2, -0.15) is 0 Å². The fourth-order valence-electron chi connectivity index (χ4n) is 2.70. The third-order valence-corrected chi connectivity index (χ3v) is 4.53. The number of halogens is 2. The number of nitrogens with zero attached hydrogens (tertiary/aromatic N) is 1. The Morgan fingerprint density at radius 3 is 3.00 bits per heavy atom. The van der Waals surface area contributed by atoms with Gasteiger partial charge in [-0.15, -0.1) is 0 Å². The number of carbonyl (C=O) groups excluding carboxylic acids is 1. The van der Waals surface area contributed by atoms with Crippen molar-refractivity contribution in [1.29, 1.82) is 0 Å². The number of urea groups is 1. The van der Waals surface area contributed by atoms with Crippen LogP contribution < -0.4 is 5.32 Å². The summed E-state index contributed by atoms with van der Waals surface area (Å²) in [7, 11) is 0. The van der Waals surface area contributed by atoms with E-state index in [4.69, 9.17) is 11.6 Å². The number of carbonyl (C=O) groups is 1. The van der Waals surface area contributed by atoms with E-state index in [1.54, 1.807) is 4.90 Å². The summed E-state index contributed by atoms with van der Waals surface area (Å²) in [4.78, 5) is 14.0. The molecule has 1 saturated heterocycles. The van der Waals surface area contributed by atoms with Gasteiger partial charge in [-0.25, -0.2) is 9.18 Å². The number of likely N-dealkylation sites (tertiary alicyclic amines) is 1. The molecular weight excluding hydrogens is 295 g/mol. The van der Waals surface area contributed by atoms with Crippen molar-refractivity contribution in [3.8, 4) is 0 Å². The predicted molar refractivity (Wildman–Crippen MR) is 81.0 cm³/mol. The van der Waals surface area contributed by atoms with Crippen LogP contribution in [-0.2, 0) is 0 Å². The van der Waals surface area contributed by atoms with Gasteiger partial charge in [-0.1, -0.05) is 18.5 Å². The molecule has 2 N–H and O–H groups in total. The molecule has 1 fully saturated rings. The number of aliphatic hydroxyl groups is 1. The number of rotatable bonds is 3. The van der Waals surface area contributed by atoms with Crippen LogP contribution in [0.1, 0.15) is 26.2 Å². The summed E-state index contributed by atoms with van der Waals surface area (Å²) < 4.78 is 13.2. The van der Waals surface area contributed by atoms with Gasteiger partial charge < -0.3 is 15.3 Å². The molecule has 2 rings (SSSR count). The Kier molecular flexibility index (Phi) is 5.06. The van der Waals surface area contributed by atoms with E-state index >= 15 is 0 Å². The highest BCUT2D eigenvalue weighted by molar-refractivity contribution is 6.33. The maximum absolute atomic E-state index is 13.2. The molecule has 1 atom stereocenters. The smallest absolute Gasteiger partial charge is 0.321 e. The van der Waals surface area contributed by atoms with E-state index < -0.39 is 5.82 Å². The van der Waals surface area contributed by atoms with E-state index in [-0.39, 0.29) is 23.7 Å². The largest absolute Gasteiger partial charge is 0.396 e. The molecule has 116 valence electrons. The molecule has 0 aliphatic carbocycles. The van der Waals surface area contributed by atoms with Crippen molar-refractivity contribution in [1.82, 2.24) is 4.90 Å². The number of benzene rings is 1. The lowest BCUT2D eigenvalue weighted by atomic mass is 9.78. The highest BCUT2D eigenvalue weighted by Gasteiger charge is 2.35. The molecule has 1 aliphatic heterocycles. The van der Waals surface area contributed by atoms with Crippen LogP contribution in [0.3, 0.4) is 0 Å². The molecule has 0 spiro atoms. The van der Waals surface area contributed by atoms with Crippen LogP contribution in [0.4, 0.5) is 14.9 Å². The Bertz CT molecular complexity index is 520. The van der Waals surface area contributed by atoms with Gasteiger partial charge in [-0.3, -0.25) is 0 Å². The first-order valence-corrected chi connectivity index (χ1v) is 7.49. The lowest BCUT2D eigenvalue weighted by molar-refractivity contribution is 0.0468. The third-order valence-electron chi connectivity index (χ3n) is 4.20. The zero-order chi connectivity index (χ0) is 15.5. The van der Waals surface area contributed by atoms with Crippen LogP contribution in [0.5, 0.6) is 0 Å². The maximum Gasteiger partial charge on any atom is 0.321 e. The van der Waals surface area contributed by atoms with Gasteiger partial charge in [-0.05, 0) is 37.5 Å². The average molecular weight is 315 g/mol. The summed E-state index contributed by atoms with van der Waals surface area (Å²) in [6.07, 6.45) is 2.57. The number of hydrogen-bond donors (Lipinski definition) is 2. The van der Waals surface area contributed by atoms with Gasteiger partial charge in [0.15, 0.2) is 0 Å². The molecule has 1 heterocycles. The lowest BCUT2D eigenvalue weighted by Crippen LogP contribution is -2.49. The first-order chi connectivity index (χ1) is 9.99. The van der Waals surface area contributed by atoms with E-state index in [9.17, 15) is 14.3 Å². The Morgan fingerprint density at radius 1 is 1.57 bits per heavy atom. The van der Waals surface area contributed by atoms with Crippen LogP contribution in [0.2, 0.25) is 5.02 Å². The van der Waals surface area contributed by atoms with Crippen LogP contribution in [-0.4, -0.2) is 35.7 Å². The van der Waals surface area contributed by atoms with E-state index in [2.05, 4.69) is 5.32 Å². The molecular formula is C15H20ClFN2O2. The van der Waals surface area contributed by atoms with Crippen LogP contribution >= 0.6 is 11.6 Å². The summed E-state index contributed by atoms with van der Waals surface area (Å²) in [5, 5.41) is 12.5. The summed E-state index contributed by atoms with van der Waals surface area (Å²) in [6, 6.07) is 3.54. The average Bonchev–Trinajstić information content (AvgIpc) is 2.51. The molecule has 2 amide bonds. The number of amides is 2. The molecule has 0 saturated carbocycles. The quantitative estimate of drug-likeness (QED) is 0.897. The second-order valence-corrected chi connectivity index (χ2v) is 6.00. The molecule has 6 heteroatoms. The van der Waals surface area contributed by atoms with Gasteiger partial charge in [0, 0.05) is 18.5 Å². The Hall–Kier alpha value is -1.33. The Labute approximate surface area is 128 Å². The zero-order valence-electron chi connectivity index (χ0n) is 12.0. The molecule has 1 aromatic carbocycles. The molecule has 1 aromatic rings. The maximum atomic E-state index is 13.2. The van der Waals surface area contributed by atoms with E-state index in [1.807, 2.05) is 6.92 Å². The predicted octanol–water partition coefficient (Wildman–Crippen LogP) is 3.50. The summed E-state index contributed by atoms with van der Waals surface area (Å²) in [6.45, 7) is 3.20. The highest BCUT2D eigenvalue weighted by atomic mass is 35.5. The van der Waals surface area contributed by atoms with E-state index in [0.29, 0.717) is 18.1 Å². The minimum Gasteiger partial charge on any atom is -0.396 e. The van der Waals surface area contributed by atoms with Crippen LogP contribution in [0.25, 0.3) is 0 Å². The van der Waals surface area contributed by atoms with Gasteiger partial charge in [0.25, 0.3) is 0 Å². The first-order valence-electron chi connectivity index (χ1n) is 7.11. The van der Waals surface area contributed by atoms with Crippen molar-refractivity contribution in [2.75, 3.05) is 25.0 Å². The Morgan fingerprint density at radius 2 is 2.33 bits per heavy atom. The molecule has 0 unspecified atom stereocenters. The zero-order valence-corrected chi connectivity index (χ0v) is 12.8.